The zero-order chi connectivity index (χ0) is 30.1. The lowest BCUT2D eigenvalue weighted by Crippen LogP contribution is -2.64. The average molecular weight is 565 g/mol. The molecule has 0 amide bonds. The molecule has 3 aliphatic heterocycles. The van der Waals surface area contributed by atoms with E-state index in [4.69, 9.17) is 0 Å². The molecule has 2 atom stereocenters. The number of rotatable bonds is 1. The Balaban J connectivity index is 1.55. The van der Waals surface area contributed by atoms with Gasteiger partial charge in [0.15, 0.2) is 0 Å². The first-order valence-electron chi connectivity index (χ1n) is 16.5. The van der Waals surface area contributed by atoms with E-state index in [2.05, 4.69) is 144 Å². The van der Waals surface area contributed by atoms with Crippen LogP contribution in [0.4, 0.5) is 28.4 Å². The summed E-state index contributed by atoms with van der Waals surface area (Å²) < 4.78 is 0. The summed E-state index contributed by atoms with van der Waals surface area (Å²) in [5.41, 5.74) is 15.9. The quantitative estimate of drug-likeness (QED) is 0.188. The van der Waals surface area contributed by atoms with Crippen LogP contribution in [0, 0.1) is 0 Å². The molecule has 43 heavy (non-hydrogen) atoms. The number of hydrogen-bond acceptors (Lipinski definition) is 2. The van der Waals surface area contributed by atoms with E-state index in [9.17, 15) is 0 Å². The smallest absolute Gasteiger partial charge is 0.252 e. The molecule has 0 N–H and O–H groups in total. The van der Waals surface area contributed by atoms with Gasteiger partial charge in [-0.3, -0.25) is 0 Å². The molecule has 3 heteroatoms. The zero-order valence-electron chi connectivity index (χ0n) is 27.3. The summed E-state index contributed by atoms with van der Waals surface area (Å²) in [7, 11) is 0. The Bertz CT molecular complexity index is 1790. The minimum Gasteiger partial charge on any atom is -0.335 e. The maximum atomic E-state index is 2.87. The second-order valence-corrected chi connectivity index (χ2v) is 16.2. The molecule has 0 radical (unpaired) electrons. The third kappa shape index (κ3) is 3.48. The summed E-state index contributed by atoms with van der Waals surface area (Å²) in [5.74, 6) is 0. The van der Waals surface area contributed by atoms with Gasteiger partial charge >= 0.3 is 0 Å². The van der Waals surface area contributed by atoms with Gasteiger partial charge in [0.25, 0.3) is 6.71 Å². The molecule has 1 aliphatic carbocycles. The number of hydrogen-bond donors (Lipinski definition) is 0. The highest BCUT2D eigenvalue weighted by atomic mass is 15.3. The summed E-state index contributed by atoms with van der Waals surface area (Å²) in [6.07, 6.45) is 5.07. The monoisotopic (exact) mass is 564 g/mol. The summed E-state index contributed by atoms with van der Waals surface area (Å²) >= 11 is 0. The lowest BCUT2D eigenvalue weighted by molar-refractivity contribution is 0.195. The summed E-state index contributed by atoms with van der Waals surface area (Å²) in [6, 6.07) is 30.6. The van der Waals surface area contributed by atoms with Gasteiger partial charge < -0.3 is 9.80 Å². The first-order valence-corrected chi connectivity index (χ1v) is 16.5. The summed E-state index contributed by atoms with van der Waals surface area (Å²) in [6.45, 7) is 19.7. The van der Waals surface area contributed by atoms with Crippen molar-refractivity contribution in [2.24, 2.45) is 0 Å². The van der Waals surface area contributed by atoms with E-state index in [1.54, 1.807) is 5.56 Å². The molecule has 218 valence electrons. The predicted molar refractivity (Wildman–Crippen MR) is 186 cm³/mol. The van der Waals surface area contributed by atoms with Crippen molar-refractivity contribution >= 4 is 51.5 Å². The van der Waals surface area contributed by atoms with E-state index in [1.165, 1.54) is 81.6 Å². The van der Waals surface area contributed by atoms with Crippen molar-refractivity contribution in [3.05, 3.63) is 95.6 Å². The van der Waals surface area contributed by atoms with Crippen LogP contribution in [0.25, 0.3) is 0 Å². The first-order chi connectivity index (χ1) is 20.3. The number of para-hydroxylation sites is 2. The Kier molecular flexibility index (Phi) is 5.42. The van der Waals surface area contributed by atoms with Crippen LogP contribution in [0.15, 0.2) is 78.9 Å². The lowest BCUT2D eigenvalue weighted by atomic mass is 9.33. The Morgan fingerprint density at radius 2 is 1.28 bits per heavy atom. The summed E-state index contributed by atoms with van der Waals surface area (Å²) in [5, 5.41) is 0. The van der Waals surface area contributed by atoms with Crippen molar-refractivity contribution < 1.29 is 0 Å². The van der Waals surface area contributed by atoms with Gasteiger partial charge in [0.1, 0.15) is 0 Å². The largest absolute Gasteiger partial charge is 0.335 e. The SMILES string of the molecule is CC(C)(C)c1cc2c3c(c1)N1c4c(cc(C(C)(C)C)cc4C4(C)CCCCC14C)B3c1ccccc1N2c1ccccc1. The second-order valence-electron chi connectivity index (χ2n) is 16.2. The van der Waals surface area contributed by atoms with Crippen LogP contribution >= 0.6 is 0 Å². The first kappa shape index (κ1) is 27.1. The van der Waals surface area contributed by atoms with Gasteiger partial charge in [-0.25, -0.2) is 0 Å². The molecule has 0 spiro atoms. The van der Waals surface area contributed by atoms with Gasteiger partial charge in [-0.1, -0.05) is 110 Å². The molecule has 1 fully saturated rings. The molecule has 4 aromatic carbocycles. The molecule has 0 aromatic heterocycles. The maximum Gasteiger partial charge on any atom is 0.252 e. The second kappa shape index (κ2) is 8.59. The van der Waals surface area contributed by atoms with Crippen molar-refractivity contribution in [1.82, 2.24) is 0 Å². The highest BCUT2D eigenvalue weighted by molar-refractivity contribution is 7.00. The highest BCUT2D eigenvalue weighted by Crippen LogP contribution is 2.62. The van der Waals surface area contributed by atoms with Gasteiger partial charge in [-0.15, -0.1) is 0 Å². The van der Waals surface area contributed by atoms with Gasteiger partial charge in [-0.05, 0) is 94.0 Å². The lowest BCUT2D eigenvalue weighted by Gasteiger charge is -2.53. The minimum atomic E-state index is 0.0239. The third-order valence-electron chi connectivity index (χ3n) is 11.7. The van der Waals surface area contributed by atoms with E-state index in [1.807, 2.05) is 0 Å². The molecule has 3 heterocycles. The zero-order valence-corrected chi connectivity index (χ0v) is 27.3. The maximum absolute atomic E-state index is 2.87. The Labute approximate surface area is 259 Å². The molecule has 0 bridgehead atoms. The van der Waals surface area contributed by atoms with E-state index in [0.29, 0.717) is 0 Å². The Morgan fingerprint density at radius 3 is 2.00 bits per heavy atom. The number of fused-ring (bicyclic) bond motifs is 7. The number of nitrogens with zero attached hydrogens (tertiary/aromatic N) is 2. The van der Waals surface area contributed by atoms with E-state index >= 15 is 0 Å². The number of anilines is 5. The standard InChI is InChI=1S/C40H45BN2/c1-37(2,3)26-22-29-36-31(23-26)41-30-18-12-13-19-32(30)42(28-16-10-9-11-17-28)33-24-27(38(4,5)6)25-34(35(33)41)43(36)40(8)21-15-14-20-39(29,40)7/h9-13,16-19,22-25H,14-15,20-21H2,1-8H3. The van der Waals surface area contributed by atoms with E-state index in [0.717, 1.165) is 0 Å². The van der Waals surface area contributed by atoms with Crippen molar-refractivity contribution in [3.8, 4) is 0 Å². The van der Waals surface area contributed by atoms with Gasteiger partial charge in [0.05, 0.1) is 5.54 Å². The normalized spacial score (nSPS) is 23.5. The van der Waals surface area contributed by atoms with Crippen LogP contribution in [0.5, 0.6) is 0 Å². The highest BCUT2D eigenvalue weighted by Gasteiger charge is 2.61. The van der Waals surface area contributed by atoms with Crippen LogP contribution in [-0.2, 0) is 16.2 Å². The molecular weight excluding hydrogens is 519 g/mol. The molecule has 0 saturated heterocycles. The average Bonchev–Trinajstić information content (AvgIpc) is 3.18. The molecule has 2 nitrogen and oxygen atoms in total. The van der Waals surface area contributed by atoms with Crippen molar-refractivity contribution in [1.29, 1.82) is 0 Å². The van der Waals surface area contributed by atoms with Crippen LogP contribution in [0.1, 0.15) is 97.8 Å². The predicted octanol–water partition coefficient (Wildman–Crippen LogP) is 8.64. The molecular formula is C40H45BN2. The van der Waals surface area contributed by atoms with Crippen LogP contribution in [-0.4, -0.2) is 12.3 Å². The topological polar surface area (TPSA) is 6.48 Å². The Hall–Kier alpha value is -3.46. The van der Waals surface area contributed by atoms with E-state index < -0.39 is 0 Å². The fraction of sp³-hybridized carbons (Fsp3) is 0.400. The van der Waals surface area contributed by atoms with Gasteiger partial charge in [0.2, 0.25) is 0 Å². The summed E-state index contributed by atoms with van der Waals surface area (Å²) in [4.78, 5) is 5.42. The third-order valence-corrected chi connectivity index (χ3v) is 11.7. The fourth-order valence-electron chi connectivity index (χ4n) is 9.01. The molecule has 4 aliphatic rings. The van der Waals surface area contributed by atoms with Crippen molar-refractivity contribution in [2.75, 3.05) is 9.80 Å². The number of benzene rings is 4. The molecule has 1 saturated carbocycles. The molecule has 4 aromatic rings. The van der Waals surface area contributed by atoms with Crippen LogP contribution in [0.2, 0.25) is 0 Å². The van der Waals surface area contributed by atoms with Crippen molar-refractivity contribution in [2.45, 2.75) is 103 Å². The molecule has 2 unspecified atom stereocenters. The minimum absolute atomic E-state index is 0.0239. The molecule has 8 rings (SSSR count). The van der Waals surface area contributed by atoms with Crippen LogP contribution in [0.3, 0.4) is 0 Å². The fourth-order valence-corrected chi connectivity index (χ4v) is 9.01. The van der Waals surface area contributed by atoms with Crippen LogP contribution < -0.4 is 26.2 Å². The van der Waals surface area contributed by atoms with Crippen molar-refractivity contribution in [3.63, 3.8) is 0 Å². The van der Waals surface area contributed by atoms with E-state index in [-0.39, 0.29) is 28.5 Å². The Morgan fingerprint density at radius 1 is 0.651 bits per heavy atom. The van der Waals surface area contributed by atoms with Gasteiger partial charge in [0, 0.05) is 33.9 Å². The van der Waals surface area contributed by atoms with Gasteiger partial charge in [-0.2, -0.15) is 0 Å².